The molecule has 0 aromatic carbocycles. The van der Waals surface area contributed by atoms with Crippen LogP contribution in [0.2, 0.25) is 0 Å². The molecule has 0 aromatic rings. The largest absolute Gasteiger partial charge is 0.396 e. The predicted octanol–water partition coefficient (Wildman–Crippen LogP) is 3.47. The van der Waals surface area contributed by atoms with E-state index in [-0.39, 0.29) is 0 Å². The molecule has 0 fully saturated rings. The van der Waals surface area contributed by atoms with Crippen molar-refractivity contribution in [2.24, 2.45) is 17.8 Å². The Balaban J connectivity index is 3.54. The predicted molar refractivity (Wildman–Crippen MR) is 58.7 cm³/mol. The lowest BCUT2D eigenvalue weighted by molar-refractivity contribution is 0.207. The zero-order valence-corrected chi connectivity index (χ0v) is 9.71. The molecule has 0 aliphatic carbocycles. The summed E-state index contributed by atoms with van der Waals surface area (Å²) in [7, 11) is 0. The zero-order chi connectivity index (χ0) is 10.3. The van der Waals surface area contributed by atoms with Gasteiger partial charge in [-0.2, -0.15) is 0 Å². The smallest absolute Gasteiger partial charge is 0.0456 e. The van der Waals surface area contributed by atoms with Crippen LogP contribution in [0.5, 0.6) is 0 Å². The highest BCUT2D eigenvalue weighted by Crippen LogP contribution is 2.21. The van der Waals surface area contributed by atoms with Crippen molar-refractivity contribution in [3.63, 3.8) is 0 Å². The molecular weight excluding hydrogens is 160 g/mol. The molecule has 80 valence electrons. The van der Waals surface area contributed by atoms with Crippen LogP contribution in [0.3, 0.4) is 0 Å². The molecule has 1 N–H and O–H groups in total. The fraction of sp³-hybridized carbons (Fsp3) is 1.00. The fourth-order valence-electron chi connectivity index (χ4n) is 2.16. The second kappa shape index (κ2) is 7.37. The van der Waals surface area contributed by atoms with E-state index in [4.69, 9.17) is 5.11 Å². The average molecular weight is 186 g/mol. The zero-order valence-electron chi connectivity index (χ0n) is 9.71. The van der Waals surface area contributed by atoms with Gasteiger partial charge in [-0.1, -0.05) is 40.5 Å². The third-order valence-corrected chi connectivity index (χ3v) is 2.70. The molecule has 0 bridgehead atoms. The van der Waals surface area contributed by atoms with Crippen molar-refractivity contribution >= 4 is 0 Å². The molecule has 0 amide bonds. The number of aliphatic hydroxyl groups excluding tert-OH is 1. The van der Waals surface area contributed by atoms with Gasteiger partial charge < -0.3 is 5.11 Å². The van der Waals surface area contributed by atoms with Gasteiger partial charge in [-0.05, 0) is 30.6 Å². The standard InChI is InChI=1S/C12H26O/c1-5-6-10(2)7-11(3)8-12(4)9-13/h10-13H,5-9H2,1-4H3/t10-,11-,12-/m1/s1. The normalized spacial score (nSPS) is 18.2. The van der Waals surface area contributed by atoms with Crippen molar-refractivity contribution in [1.29, 1.82) is 0 Å². The van der Waals surface area contributed by atoms with Crippen molar-refractivity contribution in [3.05, 3.63) is 0 Å². The summed E-state index contributed by atoms with van der Waals surface area (Å²) >= 11 is 0. The van der Waals surface area contributed by atoms with Crippen molar-refractivity contribution in [2.75, 3.05) is 6.61 Å². The molecule has 0 aliphatic rings. The van der Waals surface area contributed by atoms with Gasteiger partial charge in [0.1, 0.15) is 0 Å². The van der Waals surface area contributed by atoms with Crippen molar-refractivity contribution in [3.8, 4) is 0 Å². The third-order valence-electron chi connectivity index (χ3n) is 2.70. The summed E-state index contributed by atoms with van der Waals surface area (Å²) in [6.07, 6.45) is 5.13. The minimum atomic E-state index is 0.340. The van der Waals surface area contributed by atoms with Crippen LogP contribution in [0.4, 0.5) is 0 Å². The minimum absolute atomic E-state index is 0.340. The summed E-state index contributed by atoms with van der Waals surface area (Å²) in [6, 6.07) is 0. The highest BCUT2D eigenvalue weighted by atomic mass is 16.3. The summed E-state index contributed by atoms with van der Waals surface area (Å²) < 4.78 is 0. The maximum Gasteiger partial charge on any atom is 0.0456 e. The van der Waals surface area contributed by atoms with Crippen LogP contribution in [0.25, 0.3) is 0 Å². The van der Waals surface area contributed by atoms with E-state index in [0.29, 0.717) is 12.5 Å². The van der Waals surface area contributed by atoms with E-state index in [0.717, 1.165) is 11.8 Å². The molecule has 3 atom stereocenters. The Morgan fingerprint density at radius 1 is 0.923 bits per heavy atom. The molecule has 0 spiro atoms. The van der Waals surface area contributed by atoms with Gasteiger partial charge in [-0.3, -0.25) is 0 Å². The van der Waals surface area contributed by atoms with Gasteiger partial charge in [-0.25, -0.2) is 0 Å². The SMILES string of the molecule is CCC[C@@H](C)C[C@@H](C)C[C@@H](C)CO. The number of hydrogen-bond donors (Lipinski definition) is 1. The van der Waals surface area contributed by atoms with Crippen molar-refractivity contribution < 1.29 is 5.11 Å². The Labute approximate surface area is 83.5 Å². The van der Waals surface area contributed by atoms with E-state index >= 15 is 0 Å². The van der Waals surface area contributed by atoms with Gasteiger partial charge in [0.15, 0.2) is 0 Å². The second-order valence-corrected chi connectivity index (χ2v) is 4.76. The highest BCUT2D eigenvalue weighted by molar-refractivity contribution is 4.62. The molecular formula is C12H26O. The van der Waals surface area contributed by atoms with Crippen LogP contribution in [-0.2, 0) is 0 Å². The van der Waals surface area contributed by atoms with Crippen LogP contribution < -0.4 is 0 Å². The van der Waals surface area contributed by atoms with Crippen LogP contribution in [0.15, 0.2) is 0 Å². The first-order chi connectivity index (χ1) is 6.10. The first-order valence-electron chi connectivity index (χ1n) is 5.70. The van der Waals surface area contributed by atoms with Gasteiger partial charge in [0.05, 0.1) is 0 Å². The lowest BCUT2D eigenvalue weighted by atomic mass is 9.88. The molecule has 0 saturated carbocycles. The molecule has 1 nitrogen and oxygen atoms in total. The first-order valence-corrected chi connectivity index (χ1v) is 5.70. The Morgan fingerprint density at radius 3 is 1.92 bits per heavy atom. The number of aliphatic hydroxyl groups is 1. The van der Waals surface area contributed by atoms with Crippen LogP contribution >= 0.6 is 0 Å². The van der Waals surface area contributed by atoms with Gasteiger partial charge in [0.2, 0.25) is 0 Å². The van der Waals surface area contributed by atoms with Crippen LogP contribution in [-0.4, -0.2) is 11.7 Å². The summed E-state index contributed by atoms with van der Waals surface area (Å²) in [5.41, 5.74) is 0. The lowest BCUT2D eigenvalue weighted by Gasteiger charge is -2.19. The van der Waals surface area contributed by atoms with E-state index in [1.807, 2.05) is 0 Å². The maximum absolute atomic E-state index is 8.92. The molecule has 0 saturated heterocycles. The Hall–Kier alpha value is -0.0400. The molecule has 0 unspecified atom stereocenters. The first kappa shape index (κ1) is 13.0. The summed E-state index contributed by atoms with van der Waals surface area (Å²) in [6.45, 7) is 9.35. The number of rotatable bonds is 7. The third kappa shape index (κ3) is 7.06. The monoisotopic (exact) mass is 186 g/mol. The summed E-state index contributed by atoms with van der Waals surface area (Å²) in [5.74, 6) is 2.10. The topological polar surface area (TPSA) is 20.2 Å². The lowest BCUT2D eigenvalue weighted by Crippen LogP contribution is -2.10. The molecule has 13 heavy (non-hydrogen) atoms. The van der Waals surface area contributed by atoms with Crippen LogP contribution in [0.1, 0.15) is 53.4 Å². The summed E-state index contributed by atoms with van der Waals surface area (Å²) in [4.78, 5) is 0. The van der Waals surface area contributed by atoms with E-state index in [9.17, 15) is 0 Å². The maximum atomic E-state index is 8.92. The minimum Gasteiger partial charge on any atom is -0.396 e. The van der Waals surface area contributed by atoms with E-state index < -0.39 is 0 Å². The van der Waals surface area contributed by atoms with Gasteiger partial charge >= 0.3 is 0 Å². The van der Waals surface area contributed by atoms with Crippen molar-refractivity contribution in [2.45, 2.75) is 53.4 Å². The molecule has 0 radical (unpaired) electrons. The Morgan fingerprint density at radius 2 is 1.46 bits per heavy atom. The van der Waals surface area contributed by atoms with E-state index in [1.165, 1.54) is 25.7 Å². The fourth-order valence-corrected chi connectivity index (χ4v) is 2.16. The quantitative estimate of drug-likeness (QED) is 0.645. The van der Waals surface area contributed by atoms with Gasteiger partial charge in [0.25, 0.3) is 0 Å². The highest BCUT2D eigenvalue weighted by Gasteiger charge is 2.11. The molecule has 0 rings (SSSR count). The van der Waals surface area contributed by atoms with Gasteiger partial charge in [-0.15, -0.1) is 0 Å². The second-order valence-electron chi connectivity index (χ2n) is 4.76. The van der Waals surface area contributed by atoms with Crippen LogP contribution in [0, 0.1) is 17.8 Å². The van der Waals surface area contributed by atoms with E-state index in [1.54, 1.807) is 0 Å². The van der Waals surface area contributed by atoms with E-state index in [2.05, 4.69) is 27.7 Å². The Bertz CT molecular complexity index is 112. The Kier molecular flexibility index (Phi) is 7.35. The number of hydrogen-bond acceptors (Lipinski definition) is 1. The molecule has 0 aliphatic heterocycles. The van der Waals surface area contributed by atoms with Crippen molar-refractivity contribution in [1.82, 2.24) is 0 Å². The molecule has 0 aromatic heterocycles. The molecule has 0 heterocycles. The summed E-state index contributed by atoms with van der Waals surface area (Å²) in [5, 5.41) is 8.92. The molecule has 1 heteroatoms. The average Bonchev–Trinajstić information content (AvgIpc) is 2.04. The van der Waals surface area contributed by atoms with Gasteiger partial charge in [0, 0.05) is 6.61 Å².